The van der Waals surface area contributed by atoms with Gasteiger partial charge in [-0.3, -0.25) is 4.79 Å². The highest BCUT2D eigenvalue weighted by Crippen LogP contribution is 2.17. The first-order valence-electron chi connectivity index (χ1n) is 6.73. The van der Waals surface area contributed by atoms with Gasteiger partial charge in [0.1, 0.15) is 5.15 Å². The van der Waals surface area contributed by atoms with Gasteiger partial charge in [0.15, 0.2) is 6.61 Å². The number of carbonyl (C=O) groups excluding carboxylic acids is 2. The summed E-state index contributed by atoms with van der Waals surface area (Å²) in [5, 5.41) is 3.10. The Morgan fingerprint density at radius 2 is 2.10 bits per heavy atom. The SMILES string of the molecule is O=C(COC(=O)c1ccnc(Cl)c1)NC1CCCCC1. The Labute approximate surface area is 122 Å². The molecule has 0 aliphatic heterocycles. The number of esters is 1. The molecule has 0 bridgehead atoms. The summed E-state index contributed by atoms with van der Waals surface area (Å²) in [4.78, 5) is 27.2. The smallest absolute Gasteiger partial charge is 0.338 e. The number of nitrogens with one attached hydrogen (secondary N) is 1. The van der Waals surface area contributed by atoms with E-state index < -0.39 is 5.97 Å². The predicted molar refractivity (Wildman–Crippen MR) is 74.5 cm³/mol. The van der Waals surface area contributed by atoms with Crippen molar-refractivity contribution in [2.24, 2.45) is 0 Å². The normalized spacial score (nSPS) is 15.7. The number of nitrogens with zero attached hydrogens (tertiary/aromatic N) is 1. The molecule has 2 rings (SSSR count). The number of carbonyl (C=O) groups is 2. The minimum atomic E-state index is -0.576. The number of ether oxygens (including phenoxy) is 1. The Bertz CT molecular complexity index is 487. The van der Waals surface area contributed by atoms with Crippen molar-refractivity contribution in [1.82, 2.24) is 10.3 Å². The molecule has 0 unspecified atom stereocenters. The van der Waals surface area contributed by atoms with Crippen LogP contribution in [-0.2, 0) is 9.53 Å². The van der Waals surface area contributed by atoms with Crippen molar-refractivity contribution in [3.63, 3.8) is 0 Å². The molecule has 1 amide bonds. The Morgan fingerprint density at radius 3 is 2.80 bits per heavy atom. The fraction of sp³-hybridized carbons (Fsp3) is 0.500. The molecule has 20 heavy (non-hydrogen) atoms. The summed E-state index contributed by atoms with van der Waals surface area (Å²) in [6.45, 7) is -0.269. The van der Waals surface area contributed by atoms with Gasteiger partial charge >= 0.3 is 5.97 Å². The van der Waals surface area contributed by atoms with E-state index in [9.17, 15) is 9.59 Å². The van der Waals surface area contributed by atoms with Crippen molar-refractivity contribution in [2.75, 3.05) is 6.61 Å². The molecule has 1 saturated carbocycles. The van der Waals surface area contributed by atoms with Crippen molar-refractivity contribution < 1.29 is 14.3 Å². The summed E-state index contributed by atoms with van der Waals surface area (Å²) in [6.07, 6.45) is 6.92. The Kier molecular flexibility index (Phi) is 5.35. The monoisotopic (exact) mass is 296 g/mol. The molecule has 6 heteroatoms. The highest BCUT2D eigenvalue weighted by molar-refractivity contribution is 6.29. The number of hydrogen-bond donors (Lipinski definition) is 1. The Hall–Kier alpha value is -1.62. The third kappa shape index (κ3) is 4.49. The van der Waals surface area contributed by atoms with E-state index in [0.717, 1.165) is 25.7 Å². The standard InChI is InChI=1S/C14H17ClN2O3/c15-12-8-10(6-7-16-12)14(19)20-9-13(18)17-11-4-2-1-3-5-11/h6-8,11H,1-5,9H2,(H,17,18). The van der Waals surface area contributed by atoms with Crippen LogP contribution in [0.2, 0.25) is 5.15 Å². The average molecular weight is 297 g/mol. The second-order valence-electron chi connectivity index (χ2n) is 4.85. The van der Waals surface area contributed by atoms with Crippen molar-refractivity contribution in [2.45, 2.75) is 38.1 Å². The van der Waals surface area contributed by atoms with Gasteiger partial charge in [0.25, 0.3) is 5.91 Å². The van der Waals surface area contributed by atoms with Crippen molar-refractivity contribution in [3.05, 3.63) is 29.0 Å². The number of pyridine rings is 1. The molecule has 1 aromatic heterocycles. The van der Waals surface area contributed by atoms with Crippen molar-refractivity contribution in [1.29, 1.82) is 0 Å². The van der Waals surface area contributed by atoms with E-state index in [1.165, 1.54) is 24.8 Å². The number of amides is 1. The lowest BCUT2D eigenvalue weighted by molar-refractivity contribution is -0.125. The molecule has 0 radical (unpaired) electrons. The first kappa shape index (κ1) is 14.8. The summed E-state index contributed by atoms with van der Waals surface area (Å²) >= 11 is 5.68. The van der Waals surface area contributed by atoms with Crippen LogP contribution in [0.5, 0.6) is 0 Å². The van der Waals surface area contributed by atoms with Gasteiger partial charge in [-0.2, -0.15) is 0 Å². The fourth-order valence-corrected chi connectivity index (χ4v) is 2.43. The molecule has 1 fully saturated rings. The van der Waals surface area contributed by atoms with Gasteiger partial charge < -0.3 is 10.1 Å². The van der Waals surface area contributed by atoms with Crippen LogP contribution in [0.15, 0.2) is 18.3 Å². The summed E-state index contributed by atoms with van der Waals surface area (Å²) < 4.78 is 4.95. The van der Waals surface area contributed by atoms with E-state index in [0.29, 0.717) is 0 Å². The van der Waals surface area contributed by atoms with Gasteiger partial charge in [0.2, 0.25) is 0 Å². The van der Waals surface area contributed by atoms with Crippen LogP contribution in [0, 0.1) is 0 Å². The molecule has 0 saturated heterocycles. The molecular weight excluding hydrogens is 280 g/mol. The van der Waals surface area contributed by atoms with Gasteiger partial charge in [-0.25, -0.2) is 9.78 Å². The molecule has 108 valence electrons. The molecule has 1 aliphatic rings. The Balaban J connectivity index is 1.76. The molecule has 1 aliphatic carbocycles. The van der Waals surface area contributed by atoms with Gasteiger partial charge in [-0.05, 0) is 25.0 Å². The van der Waals surface area contributed by atoms with Crippen LogP contribution < -0.4 is 5.32 Å². The van der Waals surface area contributed by atoms with Crippen LogP contribution in [0.25, 0.3) is 0 Å². The minimum absolute atomic E-state index is 0.213. The van der Waals surface area contributed by atoms with Gasteiger partial charge in [-0.1, -0.05) is 30.9 Å². The number of aromatic nitrogens is 1. The molecule has 0 atom stereocenters. The summed E-state index contributed by atoms with van der Waals surface area (Å²) in [5.74, 6) is -0.835. The maximum absolute atomic E-state index is 11.7. The first-order chi connectivity index (χ1) is 9.65. The van der Waals surface area contributed by atoms with Crippen LogP contribution in [0.4, 0.5) is 0 Å². The van der Waals surface area contributed by atoms with Crippen LogP contribution in [-0.4, -0.2) is 29.5 Å². The molecule has 0 aromatic carbocycles. The number of rotatable bonds is 4. The zero-order valence-corrected chi connectivity index (χ0v) is 11.9. The molecule has 1 heterocycles. The number of hydrogen-bond acceptors (Lipinski definition) is 4. The van der Waals surface area contributed by atoms with E-state index in [2.05, 4.69) is 10.3 Å². The maximum Gasteiger partial charge on any atom is 0.338 e. The molecule has 1 aromatic rings. The fourth-order valence-electron chi connectivity index (χ4n) is 2.26. The zero-order valence-electron chi connectivity index (χ0n) is 11.1. The summed E-state index contributed by atoms with van der Waals surface area (Å²) in [6, 6.07) is 3.11. The second-order valence-corrected chi connectivity index (χ2v) is 5.23. The van der Waals surface area contributed by atoms with E-state index in [4.69, 9.17) is 16.3 Å². The van der Waals surface area contributed by atoms with Crippen molar-refractivity contribution >= 4 is 23.5 Å². The maximum atomic E-state index is 11.7. The van der Waals surface area contributed by atoms with E-state index in [-0.39, 0.29) is 29.3 Å². The first-order valence-corrected chi connectivity index (χ1v) is 7.11. The summed E-state index contributed by atoms with van der Waals surface area (Å²) in [7, 11) is 0. The third-order valence-corrected chi connectivity index (χ3v) is 3.47. The van der Waals surface area contributed by atoms with E-state index in [1.807, 2.05) is 0 Å². The van der Waals surface area contributed by atoms with Gasteiger partial charge in [0.05, 0.1) is 5.56 Å². The lowest BCUT2D eigenvalue weighted by Crippen LogP contribution is -2.38. The predicted octanol–water partition coefficient (Wildman–Crippen LogP) is 2.34. The zero-order chi connectivity index (χ0) is 14.4. The lowest BCUT2D eigenvalue weighted by Gasteiger charge is -2.22. The lowest BCUT2D eigenvalue weighted by atomic mass is 9.95. The highest BCUT2D eigenvalue weighted by Gasteiger charge is 2.17. The van der Waals surface area contributed by atoms with Crippen LogP contribution in [0.3, 0.4) is 0 Å². The Morgan fingerprint density at radius 1 is 1.35 bits per heavy atom. The van der Waals surface area contributed by atoms with Crippen molar-refractivity contribution in [3.8, 4) is 0 Å². The molecule has 0 spiro atoms. The van der Waals surface area contributed by atoms with Gasteiger partial charge in [-0.15, -0.1) is 0 Å². The minimum Gasteiger partial charge on any atom is -0.452 e. The molecule has 1 N–H and O–H groups in total. The second kappa shape index (κ2) is 7.24. The highest BCUT2D eigenvalue weighted by atomic mass is 35.5. The number of halogens is 1. The topological polar surface area (TPSA) is 68.3 Å². The average Bonchev–Trinajstić information content (AvgIpc) is 2.46. The van der Waals surface area contributed by atoms with E-state index >= 15 is 0 Å². The largest absolute Gasteiger partial charge is 0.452 e. The van der Waals surface area contributed by atoms with Crippen LogP contribution >= 0.6 is 11.6 Å². The molecular formula is C14H17ClN2O3. The quantitative estimate of drug-likeness (QED) is 0.684. The van der Waals surface area contributed by atoms with Gasteiger partial charge in [0, 0.05) is 12.2 Å². The molecule has 5 nitrogen and oxygen atoms in total. The summed E-state index contributed by atoms with van der Waals surface area (Å²) in [5.41, 5.74) is 0.287. The van der Waals surface area contributed by atoms with Crippen LogP contribution in [0.1, 0.15) is 42.5 Å². The third-order valence-electron chi connectivity index (χ3n) is 3.27. The van der Waals surface area contributed by atoms with E-state index in [1.54, 1.807) is 0 Å².